The van der Waals surface area contributed by atoms with Crippen molar-refractivity contribution in [2.75, 3.05) is 13.2 Å². The minimum Gasteiger partial charge on any atom is -0.463 e. The third-order valence-electron chi connectivity index (χ3n) is 3.47. The smallest absolute Gasteiger partial charge is 0.338 e. The summed E-state index contributed by atoms with van der Waals surface area (Å²) < 4.78 is 5.19. The van der Waals surface area contributed by atoms with Gasteiger partial charge in [-0.3, -0.25) is 0 Å². The van der Waals surface area contributed by atoms with Crippen LogP contribution in [0.15, 0.2) is 41.6 Å². The Bertz CT molecular complexity index is 596. The molecule has 124 valence electrons. The van der Waals surface area contributed by atoms with E-state index < -0.39 is 12.0 Å². The maximum Gasteiger partial charge on any atom is 0.338 e. The first-order valence-electron chi connectivity index (χ1n) is 7.79. The lowest BCUT2D eigenvalue weighted by Gasteiger charge is -2.29. The van der Waals surface area contributed by atoms with E-state index in [-0.39, 0.29) is 18.7 Å². The topological polar surface area (TPSA) is 79.5 Å². The maximum absolute atomic E-state index is 12.4. The van der Waals surface area contributed by atoms with Gasteiger partial charge in [-0.2, -0.15) is 0 Å². The van der Waals surface area contributed by atoms with Gasteiger partial charge < -0.3 is 20.7 Å². The van der Waals surface area contributed by atoms with Gasteiger partial charge in [0.25, 0.3) is 0 Å². The zero-order chi connectivity index (χ0) is 16.8. The van der Waals surface area contributed by atoms with E-state index in [0.717, 1.165) is 5.56 Å². The molecule has 1 aliphatic rings. The Labute approximate surface area is 136 Å². The Kier molecular flexibility index (Phi) is 5.76. The fourth-order valence-electron chi connectivity index (χ4n) is 2.41. The molecule has 0 spiro atoms. The summed E-state index contributed by atoms with van der Waals surface area (Å²) >= 11 is 0. The third kappa shape index (κ3) is 4.32. The number of amides is 2. The van der Waals surface area contributed by atoms with Crippen molar-refractivity contribution >= 4 is 12.0 Å². The van der Waals surface area contributed by atoms with Crippen molar-refractivity contribution in [3.8, 4) is 0 Å². The van der Waals surface area contributed by atoms with Gasteiger partial charge in [-0.15, -0.1) is 0 Å². The summed E-state index contributed by atoms with van der Waals surface area (Å²) in [7, 11) is 0. The second-order valence-corrected chi connectivity index (χ2v) is 5.59. The van der Waals surface area contributed by atoms with Crippen molar-refractivity contribution in [3.63, 3.8) is 0 Å². The number of rotatable bonds is 6. The molecule has 2 amide bonds. The lowest BCUT2D eigenvalue weighted by molar-refractivity contribution is -0.139. The van der Waals surface area contributed by atoms with Crippen molar-refractivity contribution in [1.29, 1.82) is 0 Å². The summed E-state index contributed by atoms with van der Waals surface area (Å²) in [5.74, 6) is -0.422. The Hall–Kier alpha value is -2.34. The number of urea groups is 1. The summed E-state index contributed by atoms with van der Waals surface area (Å²) in [6, 6.07) is 8.78. The Morgan fingerprint density at radius 3 is 2.61 bits per heavy atom. The molecule has 0 saturated heterocycles. The number of ether oxygens (including phenoxy) is 1. The zero-order valence-electron chi connectivity index (χ0n) is 13.7. The van der Waals surface area contributed by atoms with E-state index in [1.807, 2.05) is 44.2 Å². The maximum atomic E-state index is 12.4. The highest BCUT2D eigenvalue weighted by Crippen LogP contribution is 2.27. The molecule has 0 bridgehead atoms. The van der Waals surface area contributed by atoms with E-state index in [2.05, 4.69) is 16.0 Å². The molecular weight excluding hydrogens is 294 g/mol. The first-order chi connectivity index (χ1) is 11.0. The Balaban J connectivity index is 2.42. The van der Waals surface area contributed by atoms with Crippen LogP contribution in [0.4, 0.5) is 4.79 Å². The fraction of sp³-hybridized carbons (Fsp3) is 0.412. The standard InChI is InChI=1S/C17H23N3O3/c1-4-23-16(21)14-13(10-18-11(2)3)19-17(22)20-15(14)12-8-6-5-7-9-12/h5-9,11,15,18H,4,10H2,1-3H3,(H2,19,20,22)/t15-/m0/s1. The first-order valence-corrected chi connectivity index (χ1v) is 7.79. The third-order valence-corrected chi connectivity index (χ3v) is 3.47. The predicted octanol–water partition coefficient (Wildman–Crippen LogP) is 1.86. The highest BCUT2D eigenvalue weighted by Gasteiger charge is 2.33. The van der Waals surface area contributed by atoms with Gasteiger partial charge in [0.05, 0.1) is 18.2 Å². The molecule has 2 rings (SSSR count). The summed E-state index contributed by atoms with van der Waals surface area (Å²) in [5.41, 5.74) is 1.83. The SMILES string of the molecule is CCOC(=O)C1=C(CNC(C)C)NC(=O)N[C@H]1c1ccccc1. The van der Waals surface area contributed by atoms with Crippen LogP contribution in [-0.2, 0) is 9.53 Å². The average Bonchev–Trinajstić information content (AvgIpc) is 2.53. The molecular formula is C17H23N3O3. The van der Waals surface area contributed by atoms with Gasteiger partial charge in [-0.05, 0) is 12.5 Å². The molecule has 0 radical (unpaired) electrons. The van der Waals surface area contributed by atoms with Crippen molar-refractivity contribution in [2.45, 2.75) is 32.9 Å². The van der Waals surface area contributed by atoms with Crippen LogP contribution in [0.25, 0.3) is 0 Å². The molecule has 1 aromatic rings. The molecule has 0 saturated carbocycles. The largest absolute Gasteiger partial charge is 0.463 e. The molecule has 1 atom stereocenters. The molecule has 23 heavy (non-hydrogen) atoms. The quantitative estimate of drug-likeness (QED) is 0.700. The lowest BCUT2D eigenvalue weighted by atomic mass is 9.95. The minimum absolute atomic E-state index is 0.230. The molecule has 0 aromatic heterocycles. The van der Waals surface area contributed by atoms with Crippen LogP contribution < -0.4 is 16.0 Å². The molecule has 0 fully saturated rings. The second-order valence-electron chi connectivity index (χ2n) is 5.59. The summed E-state index contributed by atoms with van der Waals surface area (Å²) in [6.07, 6.45) is 0. The van der Waals surface area contributed by atoms with Crippen LogP contribution in [0.1, 0.15) is 32.4 Å². The fourth-order valence-corrected chi connectivity index (χ4v) is 2.41. The predicted molar refractivity (Wildman–Crippen MR) is 87.6 cm³/mol. The van der Waals surface area contributed by atoms with Crippen LogP contribution in [0.3, 0.4) is 0 Å². The second kappa shape index (κ2) is 7.78. The number of hydrogen-bond acceptors (Lipinski definition) is 4. The van der Waals surface area contributed by atoms with E-state index in [9.17, 15) is 9.59 Å². The van der Waals surface area contributed by atoms with Crippen molar-refractivity contribution < 1.29 is 14.3 Å². The van der Waals surface area contributed by atoms with Crippen LogP contribution in [0.2, 0.25) is 0 Å². The monoisotopic (exact) mass is 317 g/mol. The molecule has 0 aliphatic carbocycles. The highest BCUT2D eigenvalue weighted by molar-refractivity contribution is 5.95. The van der Waals surface area contributed by atoms with Crippen molar-refractivity contribution in [2.24, 2.45) is 0 Å². The van der Waals surface area contributed by atoms with Gasteiger partial charge in [0.1, 0.15) is 0 Å². The van der Waals surface area contributed by atoms with Gasteiger partial charge in [0.2, 0.25) is 0 Å². The van der Waals surface area contributed by atoms with Gasteiger partial charge in [0.15, 0.2) is 0 Å². The molecule has 1 aliphatic heterocycles. The van der Waals surface area contributed by atoms with Gasteiger partial charge in [-0.25, -0.2) is 9.59 Å². The summed E-state index contributed by atoms with van der Waals surface area (Å²) in [6.45, 7) is 6.44. The van der Waals surface area contributed by atoms with Crippen molar-refractivity contribution in [3.05, 3.63) is 47.2 Å². The Morgan fingerprint density at radius 2 is 2.00 bits per heavy atom. The lowest BCUT2D eigenvalue weighted by Crippen LogP contribution is -2.48. The van der Waals surface area contributed by atoms with Crippen molar-refractivity contribution in [1.82, 2.24) is 16.0 Å². The van der Waals surface area contributed by atoms with Gasteiger partial charge >= 0.3 is 12.0 Å². The van der Waals surface area contributed by atoms with Crippen LogP contribution in [0.5, 0.6) is 0 Å². The summed E-state index contributed by atoms with van der Waals surface area (Å²) in [5, 5.41) is 8.76. The van der Waals surface area contributed by atoms with Crippen LogP contribution in [0, 0.1) is 0 Å². The van der Waals surface area contributed by atoms with Gasteiger partial charge in [0, 0.05) is 18.3 Å². The van der Waals surface area contributed by atoms with Gasteiger partial charge in [-0.1, -0.05) is 44.2 Å². The summed E-state index contributed by atoms with van der Waals surface area (Å²) in [4.78, 5) is 24.4. The van der Waals surface area contributed by atoms with E-state index >= 15 is 0 Å². The molecule has 1 heterocycles. The molecule has 0 unspecified atom stereocenters. The number of nitrogens with one attached hydrogen (secondary N) is 3. The normalized spacial score (nSPS) is 17.7. The van der Waals surface area contributed by atoms with E-state index in [4.69, 9.17) is 4.74 Å². The molecule has 3 N–H and O–H groups in total. The van der Waals surface area contributed by atoms with E-state index in [1.54, 1.807) is 6.92 Å². The highest BCUT2D eigenvalue weighted by atomic mass is 16.5. The molecule has 6 nitrogen and oxygen atoms in total. The average molecular weight is 317 g/mol. The van der Waals surface area contributed by atoms with Crippen LogP contribution in [-0.4, -0.2) is 31.2 Å². The molecule has 6 heteroatoms. The minimum atomic E-state index is -0.520. The Morgan fingerprint density at radius 1 is 1.30 bits per heavy atom. The number of benzene rings is 1. The van der Waals surface area contributed by atoms with Crippen LogP contribution >= 0.6 is 0 Å². The first kappa shape index (κ1) is 17.0. The number of carbonyl (C=O) groups is 2. The van der Waals surface area contributed by atoms with E-state index in [1.165, 1.54) is 0 Å². The molecule has 1 aromatic carbocycles. The number of carbonyl (C=O) groups excluding carboxylic acids is 2. The number of hydrogen-bond donors (Lipinski definition) is 3. The zero-order valence-corrected chi connectivity index (χ0v) is 13.7. The number of esters is 1. The van der Waals surface area contributed by atoms with E-state index in [0.29, 0.717) is 17.8 Å².